The number of benzene rings is 1. The highest BCUT2D eigenvalue weighted by Gasteiger charge is 2.32. The fraction of sp³-hybridized carbons (Fsp3) is 0.111. The normalized spacial score (nSPS) is 12.1. The van der Waals surface area contributed by atoms with Crippen LogP contribution in [0.15, 0.2) is 23.2 Å². The third kappa shape index (κ3) is 3.54. The largest absolute Gasteiger partial charge is 0.573 e. The highest BCUT2D eigenvalue weighted by Crippen LogP contribution is 2.29. The van der Waals surface area contributed by atoms with Gasteiger partial charge in [-0.15, -0.1) is 13.2 Å². The lowest BCUT2D eigenvalue weighted by Gasteiger charge is -2.11. The first-order chi connectivity index (χ1) is 6.94. The van der Waals surface area contributed by atoms with E-state index in [2.05, 4.69) is 20.7 Å². The molecule has 0 N–H and O–H groups in total. The Balaban J connectivity index is 3.11. The third-order valence-electron chi connectivity index (χ3n) is 1.47. The van der Waals surface area contributed by atoms with Crippen molar-refractivity contribution >= 4 is 22.0 Å². The van der Waals surface area contributed by atoms with Gasteiger partial charge in [0.05, 0.1) is 5.56 Å². The first-order valence-electron chi connectivity index (χ1n) is 3.75. The van der Waals surface area contributed by atoms with Crippen molar-refractivity contribution in [2.75, 3.05) is 0 Å². The van der Waals surface area contributed by atoms with Crippen LogP contribution in [-0.2, 0) is 0 Å². The standard InChI is InChI=1S/C9H5BrF4O/c10-5-4-6-7(11)2-1-3-8(6)15-9(12,13)14/h1-5H/b5-4+. The molecular formula is C9H5BrF4O. The van der Waals surface area contributed by atoms with E-state index in [1.165, 1.54) is 4.99 Å². The predicted octanol–water partition coefficient (Wildman–Crippen LogP) is 4.09. The molecule has 0 aliphatic rings. The molecule has 0 spiro atoms. The summed E-state index contributed by atoms with van der Waals surface area (Å²) >= 11 is 2.85. The monoisotopic (exact) mass is 284 g/mol. The van der Waals surface area contributed by atoms with Crippen molar-refractivity contribution < 1.29 is 22.3 Å². The molecule has 0 saturated carbocycles. The van der Waals surface area contributed by atoms with Crippen LogP contribution in [0.5, 0.6) is 5.75 Å². The van der Waals surface area contributed by atoms with Crippen molar-refractivity contribution in [1.82, 2.24) is 0 Å². The molecule has 1 nitrogen and oxygen atoms in total. The van der Waals surface area contributed by atoms with Crippen molar-refractivity contribution in [1.29, 1.82) is 0 Å². The molecule has 15 heavy (non-hydrogen) atoms. The topological polar surface area (TPSA) is 9.23 Å². The van der Waals surface area contributed by atoms with Gasteiger partial charge < -0.3 is 4.74 Å². The number of alkyl halides is 3. The highest BCUT2D eigenvalue weighted by molar-refractivity contribution is 9.11. The summed E-state index contributed by atoms with van der Waals surface area (Å²) in [6, 6.07) is 3.23. The quantitative estimate of drug-likeness (QED) is 0.744. The molecule has 0 heterocycles. The Morgan fingerprint density at radius 3 is 2.47 bits per heavy atom. The Morgan fingerprint density at radius 2 is 1.93 bits per heavy atom. The van der Waals surface area contributed by atoms with E-state index in [1.807, 2.05) is 0 Å². The van der Waals surface area contributed by atoms with Gasteiger partial charge >= 0.3 is 6.36 Å². The van der Waals surface area contributed by atoms with Gasteiger partial charge in [0.15, 0.2) is 0 Å². The SMILES string of the molecule is Fc1cccc(OC(F)(F)F)c1/C=C/Br. The second kappa shape index (κ2) is 4.65. The van der Waals surface area contributed by atoms with Gasteiger partial charge in [-0.05, 0) is 23.2 Å². The summed E-state index contributed by atoms with van der Waals surface area (Å²) in [4.78, 5) is 1.24. The molecule has 0 atom stereocenters. The fourth-order valence-electron chi connectivity index (χ4n) is 0.956. The fourth-order valence-corrected chi connectivity index (χ4v) is 1.22. The van der Waals surface area contributed by atoms with E-state index >= 15 is 0 Å². The van der Waals surface area contributed by atoms with Crippen LogP contribution in [0, 0.1) is 5.82 Å². The molecule has 0 saturated heterocycles. The lowest BCUT2D eigenvalue weighted by molar-refractivity contribution is -0.274. The second-order valence-electron chi connectivity index (χ2n) is 2.49. The van der Waals surface area contributed by atoms with Crippen molar-refractivity contribution in [3.63, 3.8) is 0 Å². The highest BCUT2D eigenvalue weighted by atomic mass is 79.9. The zero-order valence-corrected chi connectivity index (χ0v) is 8.77. The molecule has 82 valence electrons. The van der Waals surface area contributed by atoms with Crippen LogP contribution in [0.25, 0.3) is 6.08 Å². The van der Waals surface area contributed by atoms with E-state index in [1.54, 1.807) is 0 Å². The maximum Gasteiger partial charge on any atom is 0.573 e. The Bertz CT molecular complexity index is 373. The molecule has 1 aromatic carbocycles. The van der Waals surface area contributed by atoms with Crippen LogP contribution in [0.4, 0.5) is 17.6 Å². The second-order valence-corrected chi connectivity index (χ2v) is 3.02. The van der Waals surface area contributed by atoms with Gasteiger partial charge in [-0.25, -0.2) is 4.39 Å². The minimum atomic E-state index is -4.83. The molecule has 0 radical (unpaired) electrons. The average molecular weight is 285 g/mol. The summed E-state index contributed by atoms with van der Waals surface area (Å²) in [7, 11) is 0. The summed E-state index contributed by atoms with van der Waals surface area (Å²) in [6.45, 7) is 0. The molecular weight excluding hydrogens is 280 g/mol. The average Bonchev–Trinajstić information content (AvgIpc) is 2.08. The molecule has 0 aliphatic heterocycles. The van der Waals surface area contributed by atoms with Crippen LogP contribution >= 0.6 is 15.9 Å². The first-order valence-corrected chi connectivity index (χ1v) is 4.66. The number of hydrogen-bond acceptors (Lipinski definition) is 1. The van der Waals surface area contributed by atoms with E-state index in [4.69, 9.17) is 0 Å². The Kier molecular flexibility index (Phi) is 3.73. The first kappa shape index (κ1) is 12.0. The van der Waals surface area contributed by atoms with E-state index in [9.17, 15) is 17.6 Å². The molecule has 0 bridgehead atoms. The Labute approximate surface area is 91.5 Å². The molecule has 0 aromatic heterocycles. The molecule has 0 amide bonds. The molecule has 1 rings (SSSR count). The lowest BCUT2D eigenvalue weighted by Crippen LogP contribution is -2.18. The van der Waals surface area contributed by atoms with Gasteiger partial charge in [-0.2, -0.15) is 0 Å². The van der Waals surface area contributed by atoms with Gasteiger partial charge in [0.2, 0.25) is 0 Å². The van der Waals surface area contributed by atoms with Crippen LogP contribution in [0.1, 0.15) is 5.56 Å². The van der Waals surface area contributed by atoms with Gasteiger partial charge in [0, 0.05) is 0 Å². The van der Waals surface area contributed by atoms with E-state index < -0.39 is 17.9 Å². The summed E-state index contributed by atoms with van der Waals surface area (Å²) in [5.41, 5.74) is -0.258. The van der Waals surface area contributed by atoms with E-state index in [0.29, 0.717) is 0 Å². The molecule has 0 unspecified atom stereocenters. The maximum atomic E-state index is 13.1. The lowest BCUT2D eigenvalue weighted by atomic mass is 10.2. The third-order valence-corrected chi connectivity index (χ3v) is 1.73. The summed E-state index contributed by atoms with van der Waals surface area (Å²) in [5, 5.41) is 0. The Morgan fingerprint density at radius 1 is 1.27 bits per heavy atom. The van der Waals surface area contributed by atoms with Crippen LogP contribution < -0.4 is 4.74 Å². The number of rotatable bonds is 2. The smallest absolute Gasteiger partial charge is 0.405 e. The molecule has 6 heteroatoms. The van der Waals surface area contributed by atoms with Crippen molar-refractivity contribution in [3.8, 4) is 5.75 Å². The summed E-state index contributed by atoms with van der Waals surface area (Å²) < 4.78 is 52.5. The molecule has 0 fully saturated rings. The number of hydrogen-bond donors (Lipinski definition) is 0. The predicted molar refractivity (Wildman–Crippen MR) is 51.0 cm³/mol. The molecule has 1 aromatic rings. The van der Waals surface area contributed by atoms with Gasteiger partial charge in [-0.3, -0.25) is 0 Å². The number of halogens is 5. The van der Waals surface area contributed by atoms with Crippen LogP contribution in [-0.4, -0.2) is 6.36 Å². The summed E-state index contributed by atoms with van der Waals surface area (Å²) in [5.74, 6) is -1.36. The minimum Gasteiger partial charge on any atom is -0.405 e. The minimum absolute atomic E-state index is 0.258. The van der Waals surface area contributed by atoms with Crippen LogP contribution in [0.3, 0.4) is 0 Å². The van der Waals surface area contributed by atoms with Crippen molar-refractivity contribution in [3.05, 3.63) is 34.6 Å². The Hall–Kier alpha value is -1.04. The maximum absolute atomic E-state index is 13.1. The van der Waals surface area contributed by atoms with E-state index in [-0.39, 0.29) is 5.56 Å². The molecule has 0 aliphatic carbocycles. The zero-order valence-electron chi connectivity index (χ0n) is 7.18. The number of ether oxygens (including phenoxy) is 1. The van der Waals surface area contributed by atoms with Crippen LogP contribution in [0.2, 0.25) is 0 Å². The summed E-state index contributed by atoms with van der Waals surface area (Å²) in [6.07, 6.45) is -3.70. The van der Waals surface area contributed by atoms with Crippen molar-refractivity contribution in [2.45, 2.75) is 6.36 Å². The van der Waals surface area contributed by atoms with Crippen molar-refractivity contribution in [2.24, 2.45) is 0 Å². The van der Waals surface area contributed by atoms with Gasteiger partial charge in [0.1, 0.15) is 11.6 Å². The van der Waals surface area contributed by atoms with E-state index in [0.717, 1.165) is 24.3 Å². The van der Waals surface area contributed by atoms with Gasteiger partial charge in [-0.1, -0.05) is 22.0 Å². The van der Waals surface area contributed by atoms with Gasteiger partial charge in [0.25, 0.3) is 0 Å². The zero-order chi connectivity index (χ0) is 11.5.